The van der Waals surface area contributed by atoms with Gasteiger partial charge in [-0.3, -0.25) is 0 Å². The maximum absolute atomic E-state index is 12.2. The Morgan fingerprint density at radius 2 is 2.05 bits per heavy atom. The first-order valence-corrected chi connectivity index (χ1v) is 7.15. The lowest BCUT2D eigenvalue weighted by Crippen LogP contribution is -2.33. The van der Waals surface area contributed by atoms with Gasteiger partial charge >= 0.3 is 0 Å². The Morgan fingerprint density at radius 1 is 1.32 bits per heavy atom. The average molecular weight is 278 g/mol. The van der Waals surface area contributed by atoms with Gasteiger partial charge in [0.15, 0.2) is 0 Å². The predicted octanol–water partition coefficient (Wildman–Crippen LogP) is 3.32. The molecular formula is C15H18ClN2O+. The molecule has 19 heavy (non-hydrogen) atoms. The van der Waals surface area contributed by atoms with Crippen LogP contribution in [0.4, 0.5) is 0 Å². The van der Waals surface area contributed by atoms with Crippen LogP contribution in [0.1, 0.15) is 24.0 Å². The summed E-state index contributed by atoms with van der Waals surface area (Å²) in [5, 5.41) is 0.746. The van der Waals surface area contributed by atoms with Gasteiger partial charge in [-0.15, -0.1) is 0 Å². The highest BCUT2D eigenvalue weighted by Gasteiger charge is 2.34. The Hall–Kier alpha value is -1.19. The zero-order chi connectivity index (χ0) is 13.4. The molecule has 2 heterocycles. The summed E-state index contributed by atoms with van der Waals surface area (Å²) in [5.74, 6) is 0.373. The molecule has 0 bridgehead atoms. The number of piperidine rings is 1. The molecule has 0 saturated carbocycles. The summed E-state index contributed by atoms with van der Waals surface area (Å²) in [6.07, 6.45) is 4.12. The molecule has 0 spiro atoms. The zero-order valence-electron chi connectivity index (χ0n) is 11.1. The van der Waals surface area contributed by atoms with E-state index in [2.05, 4.69) is 11.9 Å². The Morgan fingerprint density at radius 3 is 2.79 bits per heavy atom. The number of nitrogens with zero attached hydrogens (tertiary/aromatic N) is 2. The van der Waals surface area contributed by atoms with Crippen molar-refractivity contribution >= 4 is 17.7 Å². The highest BCUT2D eigenvalue weighted by atomic mass is 35.5. The molecule has 4 heteroatoms. The monoisotopic (exact) mass is 277 g/mol. The summed E-state index contributed by atoms with van der Waals surface area (Å²) in [6, 6.07) is 5.78. The second-order valence-corrected chi connectivity index (χ2v) is 5.90. The second-order valence-electron chi connectivity index (χ2n) is 5.50. The molecule has 1 aromatic rings. The Balaban J connectivity index is 1.93. The quantitative estimate of drug-likeness (QED) is 0.735. The highest BCUT2D eigenvalue weighted by molar-refractivity contribution is 6.32. The highest BCUT2D eigenvalue weighted by Crippen LogP contribution is 2.34. The lowest BCUT2D eigenvalue weighted by Gasteiger charge is -2.28. The van der Waals surface area contributed by atoms with Gasteiger partial charge in [-0.05, 0) is 39.0 Å². The van der Waals surface area contributed by atoms with Crippen molar-refractivity contribution in [3.05, 3.63) is 45.0 Å². The van der Waals surface area contributed by atoms with Crippen molar-refractivity contribution in [2.75, 3.05) is 20.1 Å². The van der Waals surface area contributed by atoms with Gasteiger partial charge in [-0.1, -0.05) is 23.7 Å². The third-order valence-electron chi connectivity index (χ3n) is 4.17. The molecule has 1 aromatic carbocycles. The fraction of sp³-hybridized carbons (Fsp3) is 0.467. The van der Waals surface area contributed by atoms with Crippen LogP contribution in [0.5, 0.6) is 0 Å². The summed E-state index contributed by atoms with van der Waals surface area (Å²) < 4.78 is 1.15. The van der Waals surface area contributed by atoms with Crippen molar-refractivity contribution in [1.29, 1.82) is 0 Å². The van der Waals surface area contributed by atoms with Gasteiger partial charge in [0.05, 0.1) is 5.92 Å². The maximum Gasteiger partial charge on any atom is 0.237 e. The molecule has 0 amide bonds. The van der Waals surface area contributed by atoms with Crippen LogP contribution < -0.4 is 0 Å². The number of rotatable bonds is 1. The average Bonchev–Trinajstić information content (AvgIpc) is 2.40. The molecule has 3 nitrogen and oxygen atoms in total. The molecule has 0 radical (unpaired) electrons. The smallest absolute Gasteiger partial charge is 0.237 e. The first-order chi connectivity index (χ1) is 9.15. The van der Waals surface area contributed by atoms with Crippen LogP contribution in [-0.2, 0) is 6.54 Å². The van der Waals surface area contributed by atoms with E-state index in [4.69, 9.17) is 11.6 Å². The number of halogens is 1. The summed E-state index contributed by atoms with van der Waals surface area (Å²) in [5.41, 5.74) is 2.97. The summed E-state index contributed by atoms with van der Waals surface area (Å²) in [6.45, 7) is 2.55. The van der Waals surface area contributed by atoms with Gasteiger partial charge < -0.3 is 4.90 Å². The molecule has 0 unspecified atom stereocenters. The van der Waals surface area contributed by atoms with Gasteiger partial charge in [-0.2, -0.15) is 0 Å². The van der Waals surface area contributed by atoms with Crippen LogP contribution >= 0.6 is 11.6 Å². The number of benzene rings is 1. The molecule has 0 aliphatic carbocycles. The van der Waals surface area contributed by atoms with Crippen molar-refractivity contribution in [3.8, 4) is 0 Å². The van der Waals surface area contributed by atoms with Crippen molar-refractivity contribution in [1.82, 2.24) is 4.90 Å². The van der Waals surface area contributed by atoms with Crippen LogP contribution in [0.15, 0.2) is 23.9 Å². The van der Waals surface area contributed by atoms with E-state index in [1.165, 1.54) is 0 Å². The maximum atomic E-state index is 12.2. The van der Waals surface area contributed by atoms with Gasteiger partial charge in [0, 0.05) is 31.9 Å². The van der Waals surface area contributed by atoms with Crippen molar-refractivity contribution in [3.63, 3.8) is 0 Å². The molecule has 100 valence electrons. The summed E-state index contributed by atoms with van der Waals surface area (Å²) >= 11 is 6.24. The van der Waals surface area contributed by atoms with E-state index in [0.717, 1.165) is 52.5 Å². The standard InChI is InChI=1S/C15H18ClN2O/c1-17-7-5-11(6-8-17)15-9-13-12(10-18(15)19)3-2-4-14(13)16/h2-4,9,11H,5-8,10H2,1H3/q+1. The Bertz CT molecular complexity index is 545. The normalized spacial score (nSPS) is 21.2. The van der Waals surface area contributed by atoms with E-state index in [1.807, 2.05) is 24.3 Å². The van der Waals surface area contributed by atoms with E-state index in [9.17, 15) is 4.91 Å². The first kappa shape index (κ1) is 12.8. The molecule has 0 atom stereocenters. The van der Waals surface area contributed by atoms with Gasteiger partial charge in [0.2, 0.25) is 12.2 Å². The van der Waals surface area contributed by atoms with E-state index >= 15 is 0 Å². The number of allylic oxidation sites excluding steroid dienone is 1. The molecule has 0 aromatic heterocycles. The Kier molecular flexibility index (Phi) is 3.42. The van der Waals surface area contributed by atoms with Crippen LogP contribution in [0.3, 0.4) is 0 Å². The second kappa shape index (κ2) is 5.06. The van der Waals surface area contributed by atoms with Gasteiger partial charge in [0.25, 0.3) is 0 Å². The van der Waals surface area contributed by atoms with E-state index < -0.39 is 0 Å². The molecule has 2 aliphatic heterocycles. The fourth-order valence-electron chi connectivity index (χ4n) is 2.97. The number of likely N-dealkylation sites (tertiary alicyclic amines) is 1. The third kappa shape index (κ3) is 2.45. The largest absolute Gasteiger partial charge is 0.306 e. The Labute approximate surface area is 118 Å². The molecule has 1 saturated heterocycles. The molecule has 3 rings (SSSR count). The van der Waals surface area contributed by atoms with Crippen molar-refractivity contribution in [2.45, 2.75) is 19.4 Å². The molecular weight excluding hydrogens is 260 g/mol. The van der Waals surface area contributed by atoms with Gasteiger partial charge in [0.1, 0.15) is 0 Å². The minimum Gasteiger partial charge on any atom is -0.306 e. The SMILES string of the molecule is CN1CCC(C2=Cc3c(Cl)cccc3C[N+]2=O)CC1. The first-order valence-electron chi connectivity index (χ1n) is 6.77. The minimum absolute atomic E-state index is 0.373. The third-order valence-corrected chi connectivity index (χ3v) is 4.50. The molecule has 2 aliphatic rings. The number of hydrogen-bond acceptors (Lipinski definition) is 2. The van der Waals surface area contributed by atoms with Crippen LogP contribution in [0.25, 0.3) is 6.08 Å². The van der Waals surface area contributed by atoms with Crippen molar-refractivity contribution in [2.24, 2.45) is 5.92 Å². The van der Waals surface area contributed by atoms with E-state index in [-0.39, 0.29) is 0 Å². The lowest BCUT2D eigenvalue weighted by molar-refractivity contribution is -0.523. The molecule has 1 fully saturated rings. The lowest BCUT2D eigenvalue weighted by atomic mass is 9.89. The van der Waals surface area contributed by atoms with Crippen LogP contribution in [0.2, 0.25) is 5.02 Å². The van der Waals surface area contributed by atoms with Crippen molar-refractivity contribution < 1.29 is 4.76 Å². The topological polar surface area (TPSA) is 23.3 Å². The van der Waals surface area contributed by atoms with E-state index in [0.29, 0.717) is 12.5 Å². The molecule has 0 N–H and O–H groups in total. The fourth-order valence-corrected chi connectivity index (χ4v) is 3.22. The number of hydrogen-bond donors (Lipinski definition) is 0. The van der Waals surface area contributed by atoms with Gasteiger partial charge in [-0.25, -0.2) is 0 Å². The predicted molar refractivity (Wildman–Crippen MR) is 77.0 cm³/mol. The summed E-state index contributed by atoms with van der Waals surface area (Å²) in [4.78, 5) is 14.6. The minimum atomic E-state index is 0.373. The van der Waals surface area contributed by atoms with Crippen LogP contribution in [-0.4, -0.2) is 29.8 Å². The number of fused-ring (bicyclic) bond motifs is 1. The number of nitroso groups, excluding NO2 is 1. The van der Waals surface area contributed by atoms with E-state index in [1.54, 1.807) is 0 Å². The van der Waals surface area contributed by atoms with Crippen LogP contribution in [0, 0.1) is 10.8 Å². The zero-order valence-corrected chi connectivity index (χ0v) is 11.9. The summed E-state index contributed by atoms with van der Waals surface area (Å²) in [7, 11) is 2.13.